The maximum absolute atomic E-state index is 8.69. The first kappa shape index (κ1) is 9.71. The normalized spacial score (nSPS) is 9.50. The maximum Gasteiger partial charge on any atom is 0 e. The summed E-state index contributed by atoms with van der Waals surface area (Å²) < 4.78 is 33.1. The monoisotopic (exact) mass is 222 g/mol. The van der Waals surface area contributed by atoms with E-state index in [4.69, 9.17) is 15.7 Å². The predicted molar refractivity (Wildman–Crippen MR) is 4.28 cm³/mol. The van der Waals surface area contributed by atoms with Crippen LogP contribution in [-0.4, -0.2) is 4.19 Å². The van der Waals surface area contributed by atoms with E-state index in [0.717, 1.165) is 0 Å². The molecule has 0 saturated heterocycles. The summed E-state index contributed by atoms with van der Waals surface area (Å²) in [6.07, 6.45) is 0. The van der Waals surface area contributed by atoms with E-state index in [1.807, 2.05) is 0 Å². The first-order chi connectivity index (χ1) is 2.00. The molecule has 0 saturated carbocycles. The van der Waals surface area contributed by atoms with Gasteiger partial charge in [0.1, 0.15) is 0 Å². The quantitative estimate of drug-likeness (QED) is 0.537. The van der Waals surface area contributed by atoms with Crippen LogP contribution >= 0.6 is 0 Å². The van der Waals surface area contributed by atoms with Crippen molar-refractivity contribution in [1.82, 2.24) is 0 Å². The van der Waals surface area contributed by atoms with Crippen LogP contribution in [0.3, 0.4) is 0 Å². The molecule has 0 aromatic carbocycles. The van der Waals surface area contributed by atoms with Gasteiger partial charge in [0.2, 0.25) is 0 Å². The molecule has 1 N–H and O–H groups in total. The summed E-state index contributed by atoms with van der Waals surface area (Å²) >= 11 is -5.38. The summed E-state index contributed by atoms with van der Waals surface area (Å²) in [6.45, 7) is 0. The second kappa shape index (κ2) is 2.64. The Morgan fingerprint density at radius 1 is 1.17 bits per heavy atom. The molecule has 0 rings (SSSR count). The van der Waals surface area contributed by atoms with Crippen LogP contribution in [-0.2, 0) is 44.0 Å². The molecule has 0 aliphatic carbocycles. The van der Waals surface area contributed by atoms with Crippen molar-refractivity contribution in [3.63, 3.8) is 0 Å². The van der Waals surface area contributed by atoms with Crippen LogP contribution < -0.4 is 0 Å². The van der Waals surface area contributed by atoms with E-state index in [9.17, 15) is 0 Å². The van der Waals surface area contributed by atoms with Crippen molar-refractivity contribution in [2.24, 2.45) is 0 Å². The van der Waals surface area contributed by atoms with E-state index in [2.05, 4.69) is 0 Å². The van der Waals surface area contributed by atoms with Gasteiger partial charge >= 0.3 is 28.7 Å². The Hall–Kier alpha value is 0.503. The van der Waals surface area contributed by atoms with Crippen LogP contribution in [0.15, 0.2) is 0 Å². The largest absolute Gasteiger partial charge is 0 e. The summed E-state index contributed by atoms with van der Waals surface area (Å²) in [5.41, 5.74) is 0. The molecule has 0 aliphatic rings. The van der Waals surface area contributed by atoms with Crippen molar-refractivity contribution < 1.29 is 48.1 Å². The third-order valence-corrected chi connectivity index (χ3v) is 0. The van der Waals surface area contributed by atoms with E-state index in [-0.39, 0.29) is 19.5 Å². The molecule has 0 atom stereocenters. The minimum Gasteiger partial charge on any atom is 0 e. The van der Waals surface area contributed by atoms with Crippen molar-refractivity contribution in [2.75, 3.05) is 0 Å². The molecule has 0 unspecified atom stereocenters. The zero-order chi connectivity index (χ0) is 4.50. The fraction of sp³-hybridized carbons (Fsp3) is 0. The zero-order valence-electron chi connectivity index (χ0n) is 2.40. The average molecular weight is 221 g/mol. The SMILES string of the molecule is [O]=[Mn](=[O])(=[O])[OH].[Ru]. The topological polar surface area (TPSA) is 71.4 Å². The van der Waals surface area contributed by atoms with E-state index in [0.29, 0.717) is 0 Å². The van der Waals surface area contributed by atoms with Crippen LogP contribution in [0, 0.1) is 0 Å². The molecule has 40 valence electrons. The molecule has 0 heterocycles. The maximum atomic E-state index is 8.69. The second-order valence-electron chi connectivity index (χ2n) is 0.396. The summed E-state index contributed by atoms with van der Waals surface area (Å²) in [5.74, 6) is 0. The molecule has 0 aromatic rings. The Labute approximate surface area is 48.5 Å². The summed E-state index contributed by atoms with van der Waals surface area (Å²) in [4.78, 5) is 0. The van der Waals surface area contributed by atoms with Gasteiger partial charge in [-0.3, -0.25) is 0 Å². The van der Waals surface area contributed by atoms with Crippen LogP contribution in [0.25, 0.3) is 0 Å². The number of hydrogen-bond acceptors (Lipinski definition) is 3. The molecule has 4 nitrogen and oxygen atoms in total. The molecule has 0 aromatic heterocycles. The van der Waals surface area contributed by atoms with Gasteiger partial charge in [-0.15, -0.1) is 0 Å². The molecule has 6 heavy (non-hydrogen) atoms. The van der Waals surface area contributed by atoms with Gasteiger partial charge in [-0.2, -0.15) is 0 Å². The molecule has 6 heteroatoms. The Morgan fingerprint density at radius 3 is 1.17 bits per heavy atom. The van der Waals surface area contributed by atoms with E-state index >= 15 is 0 Å². The molecule has 0 aliphatic heterocycles. The van der Waals surface area contributed by atoms with Gasteiger partial charge in [-0.25, -0.2) is 0 Å². The van der Waals surface area contributed by atoms with Crippen LogP contribution in [0.2, 0.25) is 0 Å². The van der Waals surface area contributed by atoms with E-state index in [1.54, 1.807) is 0 Å². The third-order valence-electron chi connectivity index (χ3n) is 0. The van der Waals surface area contributed by atoms with E-state index in [1.165, 1.54) is 0 Å². The van der Waals surface area contributed by atoms with Crippen molar-refractivity contribution >= 4 is 0 Å². The molecule has 0 radical (unpaired) electrons. The van der Waals surface area contributed by atoms with Crippen LogP contribution in [0.5, 0.6) is 0 Å². The van der Waals surface area contributed by atoms with Crippen molar-refractivity contribution in [3.05, 3.63) is 0 Å². The fourth-order valence-electron chi connectivity index (χ4n) is 0. The minimum absolute atomic E-state index is 0. The molecular formula is HMnO4Ru. The van der Waals surface area contributed by atoms with Gasteiger partial charge in [0.15, 0.2) is 0 Å². The molecular weight excluding hydrogens is 220 g/mol. The fourth-order valence-corrected chi connectivity index (χ4v) is 0. The predicted octanol–water partition coefficient (Wildman–Crippen LogP) is -0.918. The van der Waals surface area contributed by atoms with Crippen LogP contribution in [0.4, 0.5) is 0 Å². The Kier molecular flexibility index (Phi) is 4.27. The minimum atomic E-state index is -5.38. The second-order valence-corrected chi connectivity index (χ2v) is 1.63. The van der Waals surface area contributed by atoms with Gasteiger partial charge in [-0.05, 0) is 0 Å². The van der Waals surface area contributed by atoms with Crippen molar-refractivity contribution in [1.29, 1.82) is 0 Å². The Balaban J connectivity index is 0. The summed E-state index contributed by atoms with van der Waals surface area (Å²) in [5, 5.41) is 0. The Morgan fingerprint density at radius 2 is 1.17 bits per heavy atom. The summed E-state index contributed by atoms with van der Waals surface area (Å²) in [7, 11) is 0. The van der Waals surface area contributed by atoms with Gasteiger partial charge in [0.25, 0.3) is 0 Å². The summed E-state index contributed by atoms with van der Waals surface area (Å²) in [6, 6.07) is 0. The van der Waals surface area contributed by atoms with Gasteiger partial charge in [0, 0.05) is 19.5 Å². The molecule has 0 bridgehead atoms. The third kappa shape index (κ3) is 218. The van der Waals surface area contributed by atoms with Crippen LogP contribution in [0.1, 0.15) is 0 Å². The Bertz CT molecular complexity index is 129. The zero-order valence-corrected chi connectivity index (χ0v) is 5.32. The van der Waals surface area contributed by atoms with Crippen molar-refractivity contribution in [2.45, 2.75) is 0 Å². The van der Waals surface area contributed by atoms with Gasteiger partial charge < -0.3 is 0 Å². The number of hydrogen-bond donors (Lipinski definition) is 1. The standard InChI is InChI=1S/Mn.H2O.3O.Ru/h;1H2;;;;/q+1;;;;;/p-1. The number of rotatable bonds is 0. The molecule has 0 spiro atoms. The smallest absolute Gasteiger partial charge is 0 e. The molecule has 0 fully saturated rings. The van der Waals surface area contributed by atoms with Crippen molar-refractivity contribution in [3.8, 4) is 0 Å². The first-order valence-electron chi connectivity index (χ1n) is 0.632. The van der Waals surface area contributed by atoms with E-state index < -0.39 is 13.0 Å². The van der Waals surface area contributed by atoms with Gasteiger partial charge in [0.05, 0.1) is 0 Å². The van der Waals surface area contributed by atoms with Gasteiger partial charge in [-0.1, -0.05) is 0 Å². The average Bonchev–Trinajstić information content (AvgIpc) is 0.722. The first-order valence-corrected chi connectivity index (χ1v) is 2.61. The molecule has 0 amide bonds.